The lowest BCUT2D eigenvalue weighted by atomic mass is 9.58. The summed E-state index contributed by atoms with van der Waals surface area (Å²) in [4.78, 5) is 13.0. The number of methoxy groups -OCH3 is 3. The van der Waals surface area contributed by atoms with E-state index in [0.29, 0.717) is 29.4 Å². The minimum atomic E-state index is -0.591. The number of carbonyl (C=O) groups excluding carboxylic acids is 1. The minimum absolute atomic E-state index is 0.0491. The number of hydrogen-bond donors (Lipinski definition) is 3. The number of hydrazine groups is 1. The van der Waals surface area contributed by atoms with Crippen molar-refractivity contribution in [3.63, 3.8) is 0 Å². The Labute approximate surface area is 187 Å². The Morgan fingerprint density at radius 2 is 1.88 bits per heavy atom. The molecule has 0 aromatic heterocycles. The van der Waals surface area contributed by atoms with Gasteiger partial charge in [-0.25, -0.2) is 5.84 Å². The van der Waals surface area contributed by atoms with Gasteiger partial charge in [0.05, 0.1) is 27.2 Å². The topological polar surface area (TPSA) is 122 Å². The largest absolute Gasteiger partial charge is 0.493 e. The molecule has 1 aromatic rings. The second-order valence-corrected chi connectivity index (χ2v) is 8.32. The number of hydrogen-bond acceptors (Lipinski definition) is 8. The summed E-state index contributed by atoms with van der Waals surface area (Å²) in [6.07, 6.45) is 2.61. The lowest BCUT2D eigenvalue weighted by Crippen LogP contribution is -2.48. The summed E-state index contributed by atoms with van der Waals surface area (Å²) in [6.45, 7) is 2.13. The molecule has 2 unspecified atom stereocenters. The average Bonchev–Trinajstić information content (AvgIpc) is 3.30. The van der Waals surface area contributed by atoms with Crippen LogP contribution in [-0.2, 0) is 14.3 Å². The smallest absolute Gasteiger partial charge is 0.238 e. The van der Waals surface area contributed by atoms with E-state index in [1.165, 1.54) is 0 Å². The van der Waals surface area contributed by atoms with E-state index in [0.717, 1.165) is 16.9 Å². The minimum Gasteiger partial charge on any atom is -0.493 e. The van der Waals surface area contributed by atoms with E-state index in [9.17, 15) is 9.90 Å². The van der Waals surface area contributed by atoms with Crippen molar-refractivity contribution in [1.29, 1.82) is 0 Å². The van der Waals surface area contributed by atoms with Crippen LogP contribution in [0.3, 0.4) is 0 Å². The van der Waals surface area contributed by atoms with Gasteiger partial charge in [0.25, 0.3) is 0 Å². The molecule has 5 atom stereocenters. The molecular weight excluding hydrogens is 416 g/mol. The van der Waals surface area contributed by atoms with Gasteiger partial charge in [-0.1, -0.05) is 12.5 Å². The van der Waals surface area contributed by atoms with Crippen LogP contribution in [0.25, 0.3) is 0 Å². The third-order valence-corrected chi connectivity index (χ3v) is 6.92. The fraction of sp³-hybridized carbons (Fsp3) is 0.522. The van der Waals surface area contributed by atoms with Crippen LogP contribution < -0.4 is 25.5 Å². The standard InChI is InChI=1S/C23H30N2O7/c1-11-14-5-13(9-26)20(23(27)25-24)19(15(14)8-18-21(11)32-10-31-18)12-6-16(28-2)22(30-4)17(7-12)29-3/h6-8,11,13-14,19-20,26H,5,9-10,24H2,1-4H3,(H,25,27)/t11?,13-,14?,19+,20+/m0/s1. The number of rotatable bonds is 6. The summed E-state index contributed by atoms with van der Waals surface area (Å²) < 4.78 is 28.0. The molecular formula is C23H30N2O7. The Hall–Kier alpha value is -2.91. The highest BCUT2D eigenvalue weighted by Gasteiger charge is 2.50. The van der Waals surface area contributed by atoms with Crippen molar-refractivity contribution in [3.05, 3.63) is 40.9 Å². The van der Waals surface area contributed by atoms with Gasteiger partial charge in [0.2, 0.25) is 18.4 Å². The first-order valence-corrected chi connectivity index (χ1v) is 10.6. The van der Waals surface area contributed by atoms with E-state index in [2.05, 4.69) is 12.3 Å². The third-order valence-electron chi connectivity index (χ3n) is 6.92. The Bertz CT molecular complexity index is 933. The highest BCUT2D eigenvalue weighted by Crippen LogP contribution is 2.55. The zero-order valence-corrected chi connectivity index (χ0v) is 18.7. The van der Waals surface area contributed by atoms with Gasteiger partial charge < -0.3 is 28.8 Å². The molecule has 1 aliphatic heterocycles. The van der Waals surface area contributed by atoms with Crippen LogP contribution in [-0.4, -0.2) is 45.7 Å². The number of amides is 1. The zero-order valence-electron chi connectivity index (χ0n) is 18.7. The van der Waals surface area contributed by atoms with E-state index >= 15 is 0 Å². The van der Waals surface area contributed by atoms with Gasteiger partial charge in [-0.15, -0.1) is 0 Å². The number of nitrogens with one attached hydrogen (secondary N) is 1. The van der Waals surface area contributed by atoms with Crippen molar-refractivity contribution >= 4 is 5.91 Å². The molecule has 0 saturated heterocycles. The maximum atomic E-state index is 13.0. The molecule has 174 valence electrons. The predicted octanol–water partition coefficient (Wildman–Crippen LogP) is 1.82. The highest BCUT2D eigenvalue weighted by atomic mass is 16.7. The van der Waals surface area contributed by atoms with Crippen LogP contribution in [0.2, 0.25) is 0 Å². The molecule has 4 N–H and O–H groups in total. The Morgan fingerprint density at radius 3 is 2.44 bits per heavy atom. The van der Waals surface area contributed by atoms with Crippen LogP contribution in [0.15, 0.2) is 35.3 Å². The van der Waals surface area contributed by atoms with Crippen molar-refractivity contribution in [2.75, 3.05) is 34.7 Å². The lowest BCUT2D eigenvalue weighted by molar-refractivity contribution is -0.129. The van der Waals surface area contributed by atoms with Gasteiger partial charge in [0.15, 0.2) is 17.3 Å². The molecule has 1 saturated carbocycles. The molecule has 2 aliphatic carbocycles. The molecule has 3 aliphatic rings. The highest BCUT2D eigenvalue weighted by molar-refractivity contribution is 5.81. The van der Waals surface area contributed by atoms with E-state index in [-0.39, 0.29) is 43.0 Å². The number of aliphatic hydroxyl groups is 1. The van der Waals surface area contributed by atoms with Crippen molar-refractivity contribution < 1.29 is 33.6 Å². The quantitative estimate of drug-likeness (QED) is 0.344. The van der Waals surface area contributed by atoms with Crippen LogP contribution in [0, 0.1) is 23.7 Å². The molecule has 0 spiro atoms. The number of allylic oxidation sites excluding steroid dienone is 3. The van der Waals surface area contributed by atoms with Gasteiger partial charge in [-0.3, -0.25) is 10.2 Å². The summed E-state index contributed by atoms with van der Waals surface area (Å²) in [5.41, 5.74) is 4.14. The Morgan fingerprint density at radius 1 is 1.19 bits per heavy atom. The van der Waals surface area contributed by atoms with E-state index in [1.54, 1.807) is 21.3 Å². The van der Waals surface area contributed by atoms with Gasteiger partial charge in [-0.2, -0.15) is 0 Å². The molecule has 0 radical (unpaired) electrons. The fourth-order valence-electron chi connectivity index (χ4n) is 5.44. The maximum Gasteiger partial charge on any atom is 0.238 e. The van der Waals surface area contributed by atoms with Crippen molar-refractivity contribution in [2.24, 2.45) is 29.5 Å². The van der Waals surface area contributed by atoms with Crippen LogP contribution in [0.5, 0.6) is 17.2 Å². The van der Waals surface area contributed by atoms with Crippen LogP contribution in [0.1, 0.15) is 24.8 Å². The van der Waals surface area contributed by atoms with Crippen LogP contribution >= 0.6 is 0 Å². The molecule has 1 fully saturated rings. The van der Waals surface area contributed by atoms with Crippen molar-refractivity contribution in [3.8, 4) is 17.2 Å². The van der Waals surface area contributed by atoms with Gasteiger partial charge in [-0.05, 0) is 42.0 Å². The molecule has 1 heterocycles. The SMILES string of the molecule is COc1cc([C@@H]2C3=CC4=C(OCO4)C(C)C3C[C@@H](CO)[C@H]2C(=O)NN)cc(OC)c1OC. The first-order chi connectivity index (χ1) is 15.5. The maximum absolute atomic E-state index is 13.0. The number of ether oxygens (including phenoxy) is 5. The first-order valence-electron chi connectivity index (χ1n) is 10.6. The molecule has 1 amide bonds. The average molecular weight is 447 g/mol. The van der Waals surface area contributed by atoms with Crippen molar-refractivity contribution in [2.45, 2.75) is 19.3 Å². The number of carbonyl (C=O) groups is 1. The van der Waals surface area contributed by atoms with Crippen molar-refractivity contribution in [1.82, 2.24) is 5.43 Å². The molecule has 32 heavy (non-hydrogen) atoms. The van der Waals surface area contributed by atoms with E-state index < -0.39 is 5.92 Å². The third kappa shape index (κ3) is 3.45. The van der Waals surface area contributed by atoms with E-state index in [1.807, 2.05) is 18.2 Å². The molecule has 9 nitrogen and oxygen atoms in total. The monoisotopic (exact) mass is 446 g/mol. The van der Waals surface area contributed by atoms with E-state index in [4.69, 9.17) is 29.5 Å². The second-order valence-electron chi connectivity index (χ2n) is 8.32. The Kier molecular flexibility index (Phi) is 6.21. The summed E-state index contributed by atoms with van der Waals surface area (Å²) in [5, 5.41) is 10.2. The Balaban J connectivity index is 1.93. The summed E-state index contributed by atoms with van der Waals surface area (Å²) in [5.74, 6) is 7.04. The first kappa shape index (κ1) is 22.3. The number of aliphatic hydroxyl groups excluding tert-OH is 1. The lowest BCUT2D eigenvalue weighted by Gasteiger charge is -2.46. The molecule has 0 bridgehead atoms. The molecule has 9 heteroatoms. The summed E-state index contributed by atoms with van der Waals surface area (Å²) in [7, 11) is 4.64. The molecule has 1 aromatic carbocycles. The number of fused-ring (bicyclic) bond motifs is 1. The van der Waals surface area contributed by atoms with Gasteiger partial charge >= 0.3 is 0 Å². The normalized spacial score (nSPS) is 28.6. The fourth-order valence-corrected chi connectivity index (χ4v) is 5.44. The zero-order chi connectivity index (χ0) is 23.0. The summed E-state index contributed by atoms with van der Waals surface area (Å²) >= 11 is 0. The van der Waals surface area contributed by atoms with Gasteiger partial charge in [0.1, 0.15) is 5.76 Å². The molecule has 4 rings (SSSR count). The number of benzene rings is 1. The van der Waals surface area contributed by atoms with Crippen LogP contribution in [0.4, 0.5) is 0 Å². The second kappa shape index (κ2) is 8.91. The number of nitrogens with two attached hydrogens (primary N) is 1. The predicted molar refractivity (Wildman–Crippen MR) is 115 cm³/mol. The summed E-state index contributed by atoms with van der Waals surface area (Å²) in [6, 6.07) is 3.70. The van der Waals surface area contributed by atoms with Gasteiger partial charge in [0, 0.05) is 18.4 Å².